The van der Waals surface area contributed by atoms with E-state index in [1.807, 2.05) is 6.92 Å². The molecule has 1 aliphatic rings. The van der Waals surface area contributed by atoms with Gasteiger partial charge in [-0.05, 0) is 64.4 Å². The molecular formula is C19H25IrNO4S-. The average molecular weight is 556 g/mol. The Bertz CT molecular complexity index is 784. The van der Waals surface area contributed by atoms with Crippen molar-refractivity contribution < 1.29 is 38.4 Å². The number of hydrogen-bond donors (Lipinski definition) is 1. The predicted molar refractivity (Wildman–Crippen MR) is 99.9 cm³/mol. The van der Waals surface area contributed by atoms with Crippen LogP contribution in [0.25, 0.3) is 4.72 Å². The monoisotopic (exact) mass is 556 g/mol. The fraction of sp³-hybridized carbons (Fsp3) is 0.368. The molecule has 0 spiro atoms. The molecule has 2 rings (SSSR count). The van der Waals surface area contributed by atoms with Gasteiger partial charge in [0.1, 0.15) is 10.0 Å². The van der Waals surface area contributed by atoms with Crippen LogP contribution in [0.15, 0.2) is 51.5 Å². The average Bonchev–Trinajstić information content (AvgIpc) is 2.72. The van der Waals surface area contributed by atoms with Crippen LogP contribution in [0.1, 0.15) is 40.2 Å². The van der Waals surface area contributed by atoms with Crippen molar-refractivity contribution in [2.75, 3.05) is 6.54 Å². The Kier molecular flexibility index (Phi) is 9.67. The summed E-state index contributed by atoms with van der Waals surface area (Å²) in [7, 11) is -3.83. The molecule has 0 aromatic heterocycles. The second-order valence-electron chi connectivity index (χ2n) is 6.09. The van der Waals surface area contributed by atoms with Crippen LogP contribution in [0.2, 0.25) is 0 Å². The van der Waals surface area contributed by atoms with Crippen molar-refractivity contribution in [2.24, 2.45) is 0 Å². The van der Waals surface area contributed by atoms with E-state index in [9.17, 15) is 13.2 Å². The minimum Gasteiger partial charge on any atom is -0.535 e. The molecule has 0 aliphatic heterocycles. The molecule has 1 aromatic carbocycles. The molecule has 0 bridgehead atoms. The standard InChI is InChI=1S/C10H15.C9H10NO4S.Ir/c1-6-7(2)9(4)10(5)8(6)3;1-7-2-4-8(5-3-7)15(13,14)10-6-9(11)12;/h1-5H3;2-5H,6H2,1H3,(H,11,12);/q;-1;. The van der Waals surface area contributed by atoms with Gasteiger partial charge >= 0.3 is 0 Å². The molecule has 0 amide bonds. The maximum absolute atomic E-state index is 11.4. The number of nitrogens with zero attached hydrogens (tertiary/aromatic N) is 1. The van der Waals surface area contributed by atoms with Gasteiger partial charge in [-0.15, -0.1) is 0 Å². The number of carboxylic acid groups (broad SMARTS) is 1. The summed E-state index contributed by atoms with van der Waals surface area (Å²) in [6.45, 7) is 12.1. The van der Waals surface area contributed by atoms with Crippen LogP contribution in [0.5, 0.6) is 0 Å². The first-order valence-corrected chi connectivity index (χ1v) is 9.33. The van der Waals surface area contributed by atoms with Crippen molar-refractivity contribution >= 4 is 16.0 Å². The summed E-state index contributed by atoms with van der Waals surface area (Å²) in [6, 6.07) is 6.05. The van der Waals surface area contributed by atoms with Gasteiger partial charge in [0.05, 0.1) is 0 Å². The molecule has 26 heavy (non-hydrogen) atoms. The third-order valence-corrected chi connectivity index (χ3v) is 5.84. The number of benzene rings is 1. The maximum Gasteiger partial charge on any atom is 0.283 e. The fourth-order valence-electron chi connectivity index (χ4n) is 2.33. The van der Waals surface area contributed by atoms with E-state index in [0.29, 0.717) is 0 Å². The van der Waals surface area contributed by atoms with E-state index in [1.165, 1.54) is 40.3 Å². The summed E-state index contributed by atoms with van der Waals surface area (Å²) in [5.74, 6) is 0.195. The third kappa shape index (κ3) is 6.47. The van der Waals surface area contributed by atoms with Crippen molar-refractivity contribution in [1.82, 2.24) is 0 Å². The van der Waals surface area contributed by atoms with E-state index in [-0.39, 0.29) is 25.0 Å². The molecule has 5 nitrogen and oxygen atoms in total. The van der Waals surface area contributed by atoms with Crippen LogP contribution in [-0.2, 0) is 34.9 Å². The smallest absolute Gasteiger partial charge is 0.283 e. The van der Waals surface area contributed by atoms with Gasteiger partial charge in [-0.25, -0.2) is 8.42 Å². The summed E-state index contributed by atoms with van der Waals surface area (Å²) in [5, 5.41) is 8.31. The number of aryl methyl sites for hydroxylation is 1. The van der Waals surface area contributed by atoms with Crippen LogP contribution in [0.4, 0.5) is 0 Å². The Hall–Kier alpha value is -1.27. The fourth-order valence-corrected chi connectivity index (χ4v) is 3.24. The molecule has 0 atom stereocenters. The summed E-state index contributed by atoms with van der Waals surface area (Å²) < 4.78 is 26.0. The molecule has 2 radical (unpaired) electrons. The van der Waals surface area contributed by atoms with E-state index in [0.717, 1.165) is 5.56 Å². The number of allylic oxidation sites excluding steroid dienone is 4. The number of rotatable bonds is 4. The topological polar surface area (TPSA) is 85.5 Å². The van der Waals surface area contributed by atoms with Crippen LogP contribution in [0.3, 0.4) is 0 Å². The Morgan fingerprint density at radius 3 is 1.62 bits per heavy atom. The summed E-state index contributed by atoms with van der Waals surface area (Å²) >= 11 is 0. The van der Waals surface area contributed by atoms with Crippen LogP contribution in [-0.4, -0.2) is 26.0 Å². The Morgan fingerprint density at radius 1 is 0.885 bits per heavy atom. The number of hydrogen-bond acceptors (Lipinski definition) is 3. The van der Waals surface area contributed by atoms with E-state index >= 15 is 0 Å². The van der Waals surface area contributed by atoms with Gasteiger partial charge in [0.2, 0.25) is 0 Å². The molecule has 1 aliphatic carbocycles. The molecule has 1 aromatic rings. The first-order chi connectivity index (χ1) is 11.5. The first kappa shape index (κ1) is 24.7. The minimum absolute atomic E-state index is 0. The van der Waals surface area contributed by atoms with Crippen LogP contribution >= 0.6 is 0 Å². The Balaban J connectivity index is 0.000000497. The van der Waals surface area contributed by atoms with Gasteiger partial charge < -0.3 is 9.83 Å². The summed E-state index contributed by atoms with van der Waals surface area (Å²) in [5.41, 5.74) is 6.79. The van der Waals surface area contributed by atoms with Gasteiger partial charge in [0.15, 0.2) is 0 Å². The molecule has 0 saturated heterocycles. The zero-order chi connectivity index (χ0) is 19.4. The van der Waals surface area contributed by atoms with Crippen molar-refractivity contribution in [3.63, 3.8) is 0 Å². The van der Waals surface area contributed by atoms with Crippen molar-refractivity contribution in [1.29, 1.82) is 0 Å². The minimum atomic E-state index is -3.83. The SMILES string of the molecule is C[C]1C(C)=C(C)C(C)=C1C.Cc1ccc(S(=O)(=O)[N-]CC(=O)O)cc1.[Ir]. The normalized spacial score (nSPS) is 14.7. The molecular weight excluding hydrogens is 530 g/mol. The molecule has 0 fully saturated rings. The van der Waals surface area contributed by atoms with Gasteiger partial charge in [-0.3, -0.25) is 4.79 Å². The Morgan fingerprint density at radius 2 is 1.31 bits per heavy atom. The summed E-state index contributed by atoms with van der Waals surface area (Å²) in [6.07, 6.45) is 0. The zero-order valence-corrected chi connectivity index (χ0v) is 19.1. The van der Waals surface area contributed by atoms with Gasteiger partial charge in [-0.2, -0.15) is 0 Å². The number of sulfonamides is 1. The van der Waals surface area contributed by atoms with Gasteiger partial charge in [0.25, 0.3) is 5.97 Å². The molecule has 1 N–H and O–H groups in total. The van der Waals surface area contributed by atoms with E-state index in [2.05, 4.69) is 39.3 Å². The molecule has 0 heterocycles. The van der Waals surface area contributed by atoms with E-state index < -0.39 is 22.5 Å². The predicted octanol–water partition coefficient (Wildman–Crippen LogP) is 4.41. The maximum atomic E-state index is 11.4. The second-order valence-corrected chi connectivity index (χ2v) is 7.77. The van der Waals surface area contributed by atoms with Gasteiger partial charge in [0, 0.05) is 30.9 Å². The van der Waals surface area contributed by atoms with E-state index in [1.54, 1.807) is 12.1 Å². The zero-order valence-electron chi connectivity index (χ0n) is 15.9. The van der Waals surface area contributed by atoms with Crippen LogP contribution < -0.4 is 0 Å². The summed E-state index contributed by atoms with van der Waals surface area (Å²) in [4.78, 5) is 10.2. The van der Waals surface area contributed by atoms with Crippen molar-refractivity contribution in [3.8, 4) is 0 Å². The largest absolute Gasteiger partial charge is 0.535 e. The number of carboxylic acids is 1. The number of carbonyl (C=O) groups is 1. The second kappa shape index (κ2) is 10.2. The van der Waals surface area contributed by atoms with E-state index in [4.69, 9.17) is 5.11 Å². The Labute approximate surface area is 170 Å². The van der Waals surface area contributed by atoms with Crippen molar-refractivity contribution in [2.45, 2.75) is 46.4 Å². The molecule has 146 valence electrons. The molecule has 0 unspecified atom stereocenters. The molecule has 0 saturated carbocycles. The first-order valence-electron chi connectivity index (χ1n) is 7.89. The van der Waals surface area contributed by atoms with Gasteiger partial charge in [-0.1, -0.05) is 35.8 Å². The quantitative estimate of drug-likeness (QED) is 0.597. The number of aliphatic carboxylic acids is 1. The van der Waals surface area contributed by atoms with Crippen molar-refractivity contribution in [3.05, 3.63) is 62.8 Å². The molecule has 7 heteroatoms. The van der Waals surface area contributed by atoms with Crippen LogP contribution in [0, 0.1) is 12.8 Å². The third-order valence-electron chi connectivity index (χ3n) is 4.50.